The molecule has 0 bridgehead atoms. The van der Waals surface area contributed by atoms with Crippen molar-refractivity contribution in [3.8, 4) is 0 Å². The van der Waals surface area contributed by atoms with Crippen molar-refractivity contribution < 1.29 is 0 Å². The number of hydrogen-bond acceptors (Lipinski definition) is 3. The molecule has 0 radical (unpaired) electrons. The lowest BCUT2D eigenvalue weighted by atomic mass is 10.1. The van der Waals surface area contributed by atoms with Crippen LogP contribution in [0.15, 0.2) is 0 Å². The molecule has 0 spiro atoms. The van der Waals surface area contributed by atoms with E-state index in [4.69, 9.17) is 0 Å². The molecule has 0 aromatic carbocycles. The minimum Gasteiger partial charge on any atom is -0.317 e. The normalized spacial score (nSPS) is 17.4. The summed E-state index contributed by atoms with van der Waals surface area (Å²) < 4.78 is 0. The zero-order chi connectivity index (χ0) is 10.5. The molecule has 84 valence electrons. The van der Waals surface area contributed by atoms with Crippen LogP contribution < -0.4 is 5.32 Å². The second-order valence-electron chi connectivity index (χ2n) is 4.23. The van der Waals surface area contributed by atoms with Crippen LogP contribution in [0.5, 0.6) is 0 Å². The summed E-state index contributed by atoms with van der Waals surface area (Å²) in [6.07, 6.45) is 6.17. The highest BCUT2D eigenvalue weighted by atomic mass is 15.2. The van der Waals surface area contributed by atoms with Crippen LogP contribution in [0.4, 0.5) is 0 Å². The van der Waals surface area contributed by atoms with Crippen LogP contribution >= 0.6 is 0 Å². The maximum Gasteiger partial charge on any atom is 0.153 e. The Morgan fingerprint density at radius 2 is 2.20 bits per heavy atom. The lowest BCUT2D eigenvalue weighted by Crippen LogP contribution is -2.16. The molecule has 4 nitrogen and oxygen atoms in total. The fraction of sp³-hybridized carbons (Fsp3) is 0.818. The van der Waals surface area contributed by atoms with Crippen molar-refractivity contribution in [2.24, 2.45) is 0 Å². The van der Waals surface area contributed by atoms with Crippen molar-refractivity contribution in [2.75, 3.05) is 13.1 Å². The maximum absolute atomic E-state index is 4.56. The third-order valence-corrected chi connectivity index (χ3v) is 3.06. The summed E-state index contributed by atoms with van der Waals surface area (Å²) >= 11 is 0. The molecule has 2 rings (SSSR count). The van der Waals surface area contributed by atoms with Crippen molar-refractivity contribution in [3.63, 3.8) is 0 Å². The van der Waals surface area contributed by atoms with Crippen LogP contribution in [0.3, 0.4) is 0 Å². The number of nitrogens with one attached hydrogen (secondary N) is 2. The van der Waals surface area contributed by atoms with E-state index in [0.29, 0.717) is 5.92 Å². The highest BCUT2D eigenvalue weighted by Gasteiger charge is 2.20. The molecule has 0 saturated heterocycles. The van der Waals surface area contributed by atoms with Gasteiger partial charge in [0.05, 0.1) is 0 Å². The molecule has 0 aliphatic heterocycles. The monoisotopic (exact) mass is 208 g/mol. The van der Waals surface area contributed by atoms with Gasteiger partial charge in [0.2, 0.25) is 0 Å². The first kappa shape index (κ1) is 10.6. The first-order valence-electron chi connectivity index (χ1n) is 6.02. The number of H-pyrrole nitrogens is 1. The quantitative estimate of drug-likeness (QED) is 0.723. The van der Waals surface area contributed by atoms with Crippen LogP contribution in [-0.2, 0) is 6.42 Å². The van der Waals surface area contributed by atoms with E-state index in [1.54, 1.807) is 0 Å². The van der Waals surface area contributed by atoms with Crippen LogP contribution in [0, 0.1) is 0 Å². The Morgan fingerprint density at radius 3 is 2.93 bits per heavy atom. The van der Waals surface area contributed by atoms with Crippen LogP contribution in [0.1, 0.15) is 50.2 Å². The van der Waals surface area contributed by atoms with Gasteiger partial charge in [-0.1, -0.05) is 19.8 Å². The van der Waals surface area contributed by atoms with E-state index in [1.807, 2.05) is 0 Å². The van der Waals surface area contributed by atoms with Gasteiger partial charge in [0.1, 0.15) is 5.82 Å². The molecule has 4 heteroatoms. The Labute approximate surface area is 90.9 Å². The van der Waals surface area contributed by atoms with E-state index in [-0.39, 0.29) is 0 Å². The van der Waals surface area contributed by atoms with Gasteiger partial charge >= 0.3 is 0 Å². The standard InChI is InChI=1S/C11H20N4/c1-2-12-8-7-10-13-11(15-14-10)9-5-3-4-6-9/h9,12H,2-8H2,1H3,(H,13,14,15). The van der Waals surface area contributed by atoms with E-state index in [2.05, 4.69) is 27.4 Å². The number of hydrogen-bond donors (Lipinski definition) is 2. The zero-order valence-electron chi connectivity index (χ0n) is 9.42. The lowest BCUT2D eigenvalue weighted by molar-refractivity contribution is 0.669. The Bertz CT molecular complexity index is 289. The summed E-state index contributed by atoms with van der Waals surface area (Å²) in [5, 5.41) is 10.6. The van der Waals surface area contributed by atoms with E-state index < -0.39 is 0 Å². The molecular formula is C11H20N4. The van der Waals surface area contributed by atoms with Crippen molar-refractivity contribution in [1.29, 1.82) is 0 Å². The van der Waals surface area contributed by atoms with Gasteiger partial charge in [-0.05, 0) is 19.4 Å². The minimum atomic E-state index is 0.620. The summed E-state index contributed by atoms with van der Waals surface area (Å²) in [6, 6.07) is 0. The fourth-order valence-corrected chi connectivity index (χ4v) is 2.17. The van der Waals surface area contributed by atoms with E-state index >= 15 is 0 Å². The van der Waals surface area contributed by atoms with Crippen molar-refractivity contribution >= 4 is 0 Å². The van der Waals surface area contributed by atoms with E-state index in [0.717, 1.165) is 31.2 Å². The summed E-state index contributed by atoms with van der Waals surface area (Å²) in [7, 11) is 0. The minimum absolute atomic E-state index is 0.620. The smallest absolute Gasteiger partial charge is 0.153 e. The van der Waals surface area contributed by atoms with Gasteiger partial charge in [0.25, 0.3) is 0 Å². The molecule has 0 amide bonds. The van der Waals surface area contributed by atoms with Crippen molar-refractivity contribution in [1.82, 2.24) is 20.5 Å². The third-order valence-electron chi connectivity index (χ3n) is 3.06. The maximum atomic E-state index is 4.56. The number of aromatic nitrogens is 3. The number of rotatable bonds is 5. The van der Waals surface area contributed by atoms with Gasteiger partial charge in [-0.15, -0.1) is 0 Å². The van der Waals surface area contributed by atoms with Crippen molar-refractivity contribution in [3.05, 3.63) is 11.6 Å². The van der Waals surface area contributed by atoms with Crippen molar-refractivity contribution in [2.45, 2.75) is 44.9 Å². The molecule has 1 heterocycles. The molecule has 1 aromatic heterocycles. The zero-order valence-corrected chi connectivity index (χ0v) is 9.42. The predicted octanol–water partition coefficient (Wildman–Crippen LogP) is 1.61. The van der Waals surface area contributed by atoms with Gasteiger partial charge in [-0.3, -0.25) is 5.10 Å². The Hall–Kier alpha value is -0.900. The molecule has 1 saturated carbocycles. The number of nitrogens with zero attached hydrogens (tertiary/aromatic N) is 2. The van der Waals surface area contributed by atoms with Gasteiger partial charge in [0.15, 0.2) is 5.82 Å². The first-order chi connectivity index (χ1) is 7.40. The van der Waals surface area contributed by atoms with Gasteiger partial charge in [-0.2, -0.15) is 5.10 Å². The van der Waals surface area contributed by atoms with Gasteiger partial charge < -0.3 is 5.32 Å². The summed E-state index contributed by atoms with van der Waals surface area (Å²) in [4.78, 5) is 4.56. The van der Waals surface area contributed by atoms with Gasteiger partial charge in [-0.25, -0.2) is 4.98 Å². The van der Waals surface area contributed by atoms with Crippen LogP contribution in [-0.4, -0.2) is 28.3 Å². The summed E-state index contributed by atoms with van der Waals surface area (Å²) in [5.41, 5.74) is 0. The molecule has 1 aliphatic carbocycles. The number of likely N-dealkylation sites (N-methyl/N-ethyl adjacent to an activating group) is 1. The molecule has 0 atom stereocenters. The topological polar surface area (TPSA) is 53.6 Å². The molecule has 1 aromatic rings. The van der Waals surface area contributed by atoms with Crippen LogP contribution in [0.2, 0.25) is 0 Å². The Morgan fingerprint density at radius 1 is 1.40 bits per heavy atom. The largest absolute Gasteiger partial charge is 0.317 e. The second kappa shape index (κ2) is 5.26. The first-order valence-corrected chi connectivity index (χ1v) is 6.02. The summed E-state index contributed by atoms with van der Waals surface area (Å²) in [6.45, 7) is 4.11. The molecule has 15 heavy (non-hydrogen) atoms. The van der Waals surface area contributed by atoms with E-state index in [1.165, 1.54) is 25.7 Å². The number of aromatic amines is 1. The predicted molar refractivity (Wildman–Crippen MR) is 59.8 cm³/mol. The van der Waals surface area contributed by atoms with Crippen LogP contribution in [0.25, 0.3) is 0 Å². The molecule has 0 unspecified atom stereocenters. The molecule has 1 fully saturated rings. The second-order valence-corrected chi connectivity index (χ2v) is 4.23. The average Bonchev–Trinajstić information content (AvgIpc) is 2.87. The molecule has 1 aliphatic rings. The molecular weight excluding hydrogens is 188 g/mol. The Kier molecular flexibility index (Phi) is 3.72. The van der Waals surface area contributed by atoms with E-state index in [9.17, 15) is 0 Å². The SMILES string of the molecule is CCNCCc1nc(C2CCCC2)n[nH]1. The third kappa shape index (κ3) is 2.78. The fourth-order valence-electron chi connectivity index (χ4n) is 2.17. The highest BCUT2D eigenvalue weighted by Crippen LogP contribution is 2.31. The average molecular weight is 208 g/mol. The lowest BCUT2D eigenvalue weighted by Gasteiger charge is -2.01. The summed E-state index contributed by atoms with van der Waals surface area (Å²) in [5.74, 6) is 2.69. The Balaban J connectivity index is 1.86. The molecule has 2 N–H and O–H groups in total. The highest BCUT2D eigenvalue weighted by molar-refractivity contribution is 5.00. The van der Waals surface area contributed by atoms with Gasteiger partial charge in [0, 0.05) is 18.9 Å².